The van der Waals surface area contributed by atoms with Gasteiger partial charge < -0.3 is 15.0 Å². The van der Waals surface area contributed by atoms with E-state index in [1.807, 2.05) is 0 Å². The van der Waals surface area contributed by atoms with Crippen molar-refractivity contribution < 1.29 is 9.53 Å². The Hall–Kier alpha value is -1.70. The lowest BCUT2D eigenvalue weighted by Crippen LogP contribution is -2.29. The van der Waals surface area contributed by atoms with E-state index >= 15 is 0 Å². The number of hydrogen-bond donors (Lipinski definition) is 2. The van der Waals surface area contributed by atoms with Gasteiger partial charge in [-0.25, -0.2) is 4.79 Å². The molecule has 2 N–H and O–H groups in total. The van der Waals surface area contributed by atoms with E-state index in [2.05, 4.69) is 15.3 Å². The molecule has 0 aliphatic heterocycles. The highest BCUT2D eigenvalue weighted by atomic mass is 35.5. The second-order valence-electron chi connectivity index (χ2n) is 3.84. The SMILES string of the molecule is COCCNC(=O)c1cc(-c2ccc(Cl)s2)[nH]c(=O)n1. The van der Waals surface area contributed by atoms with Gasteiger partial charge in [0.15, 0.2) is 0 Å². The summed E-state index contributed by atoms with van der Waals surface area (Å²) in [6.07, 6.45) is 0. The van der Waals surface area contributed by atoms with Crippen LogP contribution < -0.4 is 11.0 Å². The summed E-state index contributed by atoms with van der Waals surface area (Å²) in [5, 5.41) is 2.61. The van der Waals surface area contributed by atoms with Crippen LogP contribution in [0.3, 0.4) is 0 Å². The van der Waals surface area contributed by atoms with E-state index < -0.39 is 11.6 Å². The van der Waals surface area contributed by atoms with Gasteiger partial charge in [-0.2, -0.15) is 4.98 Å². The molecule has 0 radical (unpaired) electrons. The summed E-state index contributed by atoms with van der Waals surface area (Å²) in [5.41, 5.74) is -0.00733. The van der Waals surface area contributed by atoms with Crippen molar-refractivity contribution in [2.24, 2.45) is 0 Å². The van der Waals surface area contributed by atoms with Gasteiger partial charge in [0.05, 0.1) is 21.5 Å². The third-order valence-corrected chi connectivity index (χ3v) is 3.67. The van der Waals surface area contributed by atoms with E-state index in [0.29, 0.717) is 23.2 Å². The molecule has 0 spiro atoms. The molecular weight excluding hydrogens is 302 g/mol. The van der Waals surface area contributed by atoms with E-state index in [1.54, 1.807) is 12.1 Å². The summed E-state index contributed by atoms with van der Waals surface area (Å²) in [7, 11) is 1.54. The maximum atomic E-state index is 11.9. The van der Waals surface area contributed by atoms with Crippen LogP contribution in [0.25, 0.3) is 10.6 Å². The monoisotopic (exact) mass is 313 g/mol. The number of amides is 1. The molecule has 2 rings (SSSR count). The van der Waals surface area contributed by atoms with Crippen molar-refractivity contribution >= 4 is 28.8 Å². The first-order chi connectivity index (χ1) is 9.60. The van der Waals surface area contributed by atoms with Gasteiger partial charge in [0.1, 0.15) is 5.69 Å². The zero-order chi connectivity index (χ0) is 14.5. The molecule has 20 heavy (non-hydrogen) atoms. The van der Waals surface area contributed by atoms with Gasteiger partial charge in [0, 0.05) is 13.7 Å². The number of nitrogens with one attached hydrogen (secondary N) is 2. The van der Waals surface area contributed by atoms with Gasteiger partial charge in [0.2, 0.25) is 0 Å². The van der Waals surface area contributed by atoms with Crippen molar-refractivity contribution in [1.82, 2.24) is 15.3 Å². The smallest absolute Gasteiger partial charge is 0.346 e. The minimum absolute atomic E-state index is 0.0596. The standard InChI is InChI=1S/C12H12ClN3O3S/c1-19-5-4-14-11(17)8-6-7(15-12(18)16-8)9-2-3-10(13)20-9/h2-3,6H,4-5H2,1H3,(H,14,17)(H,15,16,18). The van der Waals surface area contributed by atoms with Crippen molar-refractivity contribution in [3.05, 3.63) is 38.7 Å². The third-order valence-electron chi connectivity index (χ3n) is 2.41. The van der Waals surface area contributed by atoms with E-state index in [0.717, 1.165) is 4.88 Å². The lowest BCUT2D eigenvalue weighted by atomic mass is 10.2. The summed E-state index contributed by atoms with van der Waals surface area (Å²) in [6, 6.07) is 5.01. The zero-order valence-corrected chi connectivity index (χ0v) is 12.2. The Labute approximate surface area is 123 Å². The molecule has 0 atom stereocenters. The second kappa shape index (κ2) is 6.65. The number of ether oxygens (including phenoxy) is 1. The molecule has 0 aliphatic carbocycles. The number of H-pyrrole nitrogens is 1. The molecule has 2 heterocycles. The van der Waals surface area contributed by atoms with Crippen LogP contribution in [0.15, 0.2) is 23.0 Å². The van der Waals surface area contributed by atoms with Crippen LogP contribution in [-0.4, -0.2) is 36.1 Å². The Morgan fingerprint density at radius 1 is 1.55 bits per heavy atom. The van der Waals surface area contributed by atoms with Gasteiger partial charge in [-0.3, -0.25) is 4.79 Å². The summed E-state index contributed by atoms with van der Waals surface area (Å²) in [6.45, 7) is 0.742. The summed E-state index contributed by atoms with van der Waals surface area (Å²) >= 11 is 7.16. The Morgan fingerprint density at radius 2 is 2.35 bits per heavy atom. The van der Waals surface area contributed by atoms with Gasteiger partial charge in [0.25, 0.3) is 5.91 Å². The van der Waals surface area contributed by atoms with Gasteiger partial charge in [-0.15, -0.1) is 11.3 Å². The molecule has 0 unspecified atom stereocenters. The second-order valence-corrected chi connectivity index (χ2v) is 5.55. The fourth-order valence-corrected chi connectivity index (χ4v) is 2.54. The van der Waals surface area contributed by atoms with Crippen LogP contribution in [0, 0.1) is 0 Å². The molecule has 0 bridgehead atoms. The molecule has 0 fully saturated rings. The van der Waals surface area contributed by atoms with Crippen LogP contribution in [-0.2, 0) is 4.74 Å². The van der Waals surface area contributed by atoms with Gasteiger partial charge in [-0.05, 0) is 18.2 Å². The van der Waals surface area contributed by atoms with E-state index in [4.69, 9.17) is 16.3 Å². The molecule has 0 saturated heterocycles. The molecule has 2 aromatic rings. The molecule has 8 heteroatoms. The first-order valence-electron chi connectivity index (χ1n) is 5.74. The average Bonchev–Trinajstić information content (AvgIpc) is 2.85. The zero-order valence-electron chi connectivity index (χ0n) is 10.6. The number of nitrogens with zero attached hydrogens (tertiary/aromatic N) is 1. The number of rotatable bonds is 5. The Bertz CT molecular complexity index is 668. The highest BCUT2D eigenvalue weighted by Gasteiger charge is 2.11. The summed E-state index contributed by atoms with van der Waals surface area (Å²) in [5.74, 6) is -0.419. The van der Waals surface area contributed by atoms with Crippen LogP contribution in [0.4, 0.5) is 0 Å². The van der Waals surface area contributed by atoms with Crippen molar-refractivity contribution in [2.75, 3.05) is 20.3 Å². The largest absolute Gasteiger partial charge is 0.383 e. The van der Waals surface area contributed by atoms with Crippen LogP contribution in [0.5, 0.6) is 0 Å². The van der Waals surface area contributed by atoms with E-state index in [9.17, 15) is 9.59 Å². The van der Waals surface area contributed by atoms with Crippen molar-refractivity contribution in [1.29, 1.82) is 0 Å². The maximum Gasteiger partial charge on any atom is 0.346 e. The van der Waals surface area contributed by atoms with Crippen LogP contribution in [0.2, 0.25) is 4.34 Å². The highest BCUT2D eigenvalue weighted by Crippen LogP contribution is 2.29. The van der Waals surface area contributed by atoms with E-state index in [-0.39, 0.29) is 5.69 Å². The third kappa shape index (κ3) is 3.66. The number of aromatic amines is 1. The molecule has 106 valence electrons. The van der Waals surface area contributed by atoms with Crippen molar-refractivity contribution in [3.63, 3.8) is 0 Å². The quantitative estimate of drug-likeness (QED) is 0.820. The molecule has 6 nitrogen and oxygen atoms in total. The predicted octanol–water partition coefficient (Wildman–Crippen LogP) is 1.53. The molecule has 0 aliphatic rings. The Kier molecular flexibility index (Phi) is 4.89. The average molecular weight is 314 g/mol. The lowest BCUT2D eigenvalue weighted by Gasteiger charge is -2.04. The molecular formula is C12H12ClN3O3S. The Morgan fingerprint density at radius 3 is 3.00 bits per heavy atom. The van der Waals surface area contributed by atoms with Crippen LogP contribution >= 0.6 is 22.9 Å². The highest BCUT2D eigenvalue weighted by molar-refractivity contribution is 7.19. The maximum absolute atomic E-state index is 11.9. The van der Waals surface area contributed by atoms with E-state index in [1.165, 1.54) is 24.5 Å². The van der Waals surface area contributed by atoms with Crippen molar-refractivity contribution in [2.45, 2.75) is 0 Å². The van der Waals surface area contributed by atoms with Crippen molar-refractivity contribution in [3.8, 4) is 10.6 Å². The normalized spacial score (nSPS) is 10.5. The van der Waals surface area contributed by atoms with Gasteiger partial charge >= 0.3 is 5.69 Å². The molecule has 0 aromatic carbocycles. The number of methoxy groups -OCH3 is 1. The minimum Gasteiger partial charge on any atom is -0.383 e. The molecule has 0 saturated carbocycles. The topological polar surface area (TPSA) is 84.1 Å². The molecule has 2 aromatic heterocycles. The number of carbonyl (C=O) groups is 1. The summed E-state index contributed by atoms with van der Waals surface area (Å²) in [4.78, 5) is 30.4. The number of aromatic nitrogens is 2. The lowest BCUT2D eigenvalue weighted by molar-refractivity contribution is 0.0931. The number of carbonyl (C=O) groups excluding carboxylic acids is 1. The first kappa shape index (κ1) is 14.7. The Balaban J connectivity index is 2.25. The fraction of sp³-hybridized carbons (Fsp3) is 0.250. The minimum atomic E-state index is -0.580. The van der Waals surface area contributed by atoms with Crippen LogP contribution in [0.1, 0.15) is 10.5 Å². The summed E-state index contributed by atoms with van der Waals surface area (Å²) < 4.78 is 5.43. The fourth-order valence-electron chi connectivity index (χ4n) is 1.52. The number of thiophene rings is 1. The molecule has 1 amide bonds. The predicted molar refractivity (Wildman–Crippen MR) is 77.4 cm³/mol. The first-order valence-corrected chi connectivity index (χ1v) is 6.94. The number of halogens is 1. The number of hydrogen-bond acceptors (Lipinski definition) is 5. The van der Waals surface area contributed by atoms with Gasteiger partial charge in [-0.1, -0.05) is 11.6 Å².